The standard InChI is InChI=1S/C40H80N6O4/c1-7-9-11-13-15-17-19-21-23-27-31-41-37(47)35-45(3,4)39(49)43-33-29-25-26-30-34-44-40(50)46(5,6)36-38(48)42-32-28-24-22-20-18-16-14-12-10-8-2/h7-36H2,1-6H3,(H2-2,41,42,43,44,47,48,49,50)/p+2. The fraction of sp³-hybridized carbons (Fsp3) is 0.900. The van der Waals surface area contributed by atoms with Crippen molar-refractivity contribution in [3.63, 3.8) is 0 Å². The number of rotatable bonds is 33. The molecule has 0 heterocycles. The normalized spacial score (nSPS) is 11.7. The first kappa shape index (κ1) is 47.8. The molecule has 0 saturated heterocycles. The summed E-state index contributed by atoms with van der Waals surface area (Å²) in [6, 6.07) is -0.308. The molecule has 10 nitrogen and oxygen atoms in total. The molecule has 0 aliphatic carbocycles. The molecule has 0 aliphatic heterocycles. The van der Waals surface area contributed by atoms with E-state index in [-0.39, 0.29) is 45.9 Å². The first-order valence-corrected chi connectivity index (χ1v) is 20.7. The molecule has 6 amide bonds. The third-order valence-electron chi connectivity index (χ3n) is 9.54. The maximum absolute atomic E-state index is 12.7. The Hall–Kier alpha value is -2.20. The highest BCUT2D eigenvalue weighted by atomic mass is 16.2. The Labute approximate surface area is 308 Å². The van der Waals surface area contributed by atoms with Gasteiger partial charge >= 0.3 is 12.1 Å². The number of quaternary nitrogens is 2. The highest BCUT2D eigenvalue weighted by molar-refractivity contribution is 5.80. The van der Waals surface area contributed by atoms with Crippen LogP contribution in [-0.4, -0.2) is 100 Å². The number of carbonyl (C=O) groups excluding carboxylic acids is 4. The molecule has 0 aromatic rings. The number of unbranched alkanes of at least 4 members (excludes halogenated alkanes) is 21. The molecule has 0 aromatic carbocycles. The number of nitrogens with zero attached hydrogens (tertiary/aromatic N) is 2. The molecule has 0 bridgehead atoms. The number of carbonyl (C=O) groups is 4. The smallest absolute Gasteiger partial charge is 0.351 e. The quantitative estimate of drug-likeness (QED) is 0.0406. The Balaban J connectivity index is 3.86. The second-order valence-electron chi connectivity index (χ2n) is 15.6. The van der Waals surface area contributed by atoms with Crippen LogP contribution in [0.4, 0.5) is 9.59 Å². The monoisotopic (exact) mass is 711 g/mol. The van der Waals surface area contributed by atoms with Gasteiger partial charge in [0.1, 0.15) is 0 Å². The summed E-state index contributed by atoms with van der Waals surface area (Å²) in [6.45, 7) is 7.20. The predicted molar refractivity (Wildman–Crippen MR) is 209 cm³/mol. The lowest BCUT2D eigenvalue weighted by molar-refractivity contribution is -0.800. The fourth-order valence-electron chi connectivity index (χ4n) is 6.08. The van der Waals surface area contributed by atoms with Crippen molar-refractivity contribution in [2.24, 2.45) is 0 Å². The summed E-state index contributed by atoms with van der Waals surface area (Å²) in [6.07, 6.45) is 28.8. The van der Waals surface area contributed by atoms with Crippen LogP contribution in [0.1, 0.15) is 168 Å². The van der Waals surface area contributed by atoms with Crippen molar-refractivity contribution in [3.05, 3.63) is 0 Å². The summed E-state index contributed by atoms with van der Waals surface area (Å²) in [4.78, 5) is 50.2. The number of hydrogen-bond acceptors (Lipinski definition) is 4. The van der Waals surface area contributed by atoms with Crippen molar-refractivity contribution >= 4 is 23.9 Å². The highest BCUT2D eigenvalue weighted by Gasteiger charge is 2.30. The SMILES string of the molecule is CCCCCCCCCCCCNC(=O)C[N+](C)(C)C(=O)NCCCCCCNC(=O)[N+](C)(C)CC(=O)NCCCCCCCCCCCC. The second kappa shape index (κ2) is 31.5. The average molecular weight is 711 g/mol. The van der Waals surface area contributed by atoms with Gasteiger partial charge in [0, 0.05) is 26.2 Å². The van der Waals surface area contributed by atoms with Crippen LogP contribution in [0.3, 0.4) is 0 Å². The van der Waals surface area contributed by atoms with Crippen LogP contribution < -0.4 is 21.3 Å². The Bertz CT molecular complexity index is 810. The predicted octanol–water partition coefficient (Wildman–Crippen LogP) is 8.19. The molecule has 0 aromatic heterocycles. The van der Waals surface area contributed by atoms with Crippen molar-refractivity contribution < 1.29 is 28.1 Å². The van der Waals surface area contributed by atoms with Gasteiger partial charge in [-0.2, -0.15) is 0 Å². The molecular weight excluding hydrogens is 628 g/mol. The van der Waals surface area contributed by atoms with Gasteiger partial charge in [-0.1, -0.05) is 142 Å². The molecule has 0 radical (unpaired) electrons. The first-order valence-electron chi connectivity index (χ1n) is 20.7. The van der Waals surface area contributed by atoms with E-state index >= 15 is 0 Å². The van der Waals surface area contributed by atoms with Crippen molar-refractivity contribution in [3.8, 4) is 0 Å². The highest BCUT2D eigenvalue weighted by Crippen LogP contribution is 2.11. The van der Waals surface area contributed by atoms with Crippen LogP contribution in [0.15, 0.2) is 0 Å². The maximum atomic E-state index is 12.7. The molecule has 0 fully saturated rings. The van der Waals surface area contributed by atoms with E-state index in [4.69, 9.17) is 0 Å². The molecule has 0 rings (SSSR count). The molecule has 0 unspecified atom stereocenters. The van der Waals surface area contributed by atoms with E-state index in [2.05, 4.69) is 35.1 Å². The van der Waals surface area contributed by atoms with Gasteiger partial charge in [-0.3, -0.25) is 9.59 Å². The third-order valence-corrected chi connectivity index (χ3v) is 9.54. The van der Waals surface area contributed by atoms with Gasteiger partial charge in [0.2, 0.25) is 0 Å². The van der Waals surface area contributed by atoms with Gasteiger partial charge in [-0.25, -0.2) is 18.6 Å². The zero-order valence-electron chi connectivity index (χ0n) is 33.7. The minimum Gasteiger partial charge on any atom is -0.351 e. The van der Waals surface area contributed by atoms with Gasteiger partial charge in [-0.05, 0) is 25.7 Å². The summed E-state index contributed by atoms with van der Waals surface area (Å²) in [5.41, 5.74) is 0. The number of hydrogen-bond donors (Lipinski definition) is 4. The van der Waals surface area contributed by atoms with Crippen LogP contribution in [0.2, 0.25) is 0 Å². The van der Waals surface area contributed by atoms with E-state index in [1.807, 2.05) is 0 Å². The number of amides is 6. The number of urea groups is 2. The zero-order valence-corrected chi connectivity index (χ0v) is 33.7. The van der Waals surface area contributed by atoms with E-state index in [9.17, 15) is 19.2 Å². The van der Waals surface area contributed by atoms with Crippen molar-refractivity contribution in [2.45, 2.75) is 168 Å². The van der Waals surface area contributed by atoms with Crippen LogP contribution in [0.25, 0.3) is 0 Å². The van der Waals surface area contributed by atoms with Crippen molar-refractivity contribution in [2.75, 3.05) is 67.5 Å². The minimum atomic E-state index is -0.154. The Morgan fingerprint density at radius 1 is 0.340 bits per heavy atom. The Morgan fingerprint density at radius 3 is 0.820 bits per heavy atom. The molecular formula is C40H82N6O4+2. The second-order valence-corrected chi connectivity index (χ2v) is 15.6. The Kier molecular flexibility index (Phi) is 30.1. The van der Waals surface area contributed by atoms with Gasteiger partial charge in [0.25, 0.3) is 11.8 Å². The van der Waals surface area contributed by atoms with Crippen molar-refractivity contribution in [1.29, 1.82) is 0 Å². The number of nitrogens with one attached hydrogen (secondary N) is 4. The van der Waals surface area contributed by atoms with E-state index in [1.165, 1.54) is 103 Å². The van der Waals surface area contributed by atoms with Crippen molar-refractivity contribution in [1.82, 2.24) is 21.3 Å². The van der Waals surface area contributed by atoms with Crippen LogP contribution in [-0.2, 0) is 9.59 Å². The molecule has 294 valence electrons. The third kappa shape index (κ3) is 28.5. The molecule has 0 saturated carbocycles. The van der Waals surface area contributed by atoms with Gasteiger partial charge in [-0.15, -0.1) is 0 Å². The van der Waals surface area contributed by atoms with Gasteiger partial charge in [0.15, 0.2) is 13.1 Å². The van der Waals surface area contributed by atoms with Crippen LogP contribution in [0, 0.1) is 0 Å². The molecule has 10 heteroatoms. The lowest BCUT2D eigenvalue weighted by Crippen LogP contribution is -2.56. The first-order chi connectivity index (χ1) is 24.0. The van der Waals surface area contributed by atoms with E-state index in [1.54, 1.807) is 28.2 Å². The Morgan fingerprint density at radius 2 is 0.560 bits per heavy atom. The maximum Gasteiger partial charge on any atom is 0.416 e. The topological polar surface area (TPSA) is 116 Å². The van der Waals surface area contributed by atoms with E-state index < -0.39 is 0 Å². The summed E-state index contributed by atoms with van der Waals surface area (Å²) in [5, 5.41) is 11.9. The molecule has 0 aliphatic rings. The van der Waals surface area contributed by atoms with Gasteiger partial charge in [0.05, 0.1) is 28.2 Å². The molecule has 50 heavy (non-hydrogen) atoms. The molecule has 0 spiro atoms. The average Bonchev–Trinajstić information content (AvgIpc) is 3.06. The largest absolute Gasteiger partial charge is 0.416 e. The lowest BCUT2D eigenvalue weighted by atomic mass is 10.1. The number of likely N-dealkylation sites (N-methyl/N-ethyl adjacent to an activating group) is 2. The van der Waals surface area contributed by atoms with Crippen LogP contribution in [0.5, 0.6) is 0 Å². The zero-order chi connectivity index (χ0) is 37.4. The summed E-state index contributed by atoms with van der Waals surface area (Å²) >= 11 is 0. The molecule has 0 atom stereocenters. The fourth-order valence-corrected chi connectivity index (χ4v) is 6.08. The van der Waals surface area contributed by atoms with Crippen LogP contribution >= 0.6 is 0 Å². The van der Waals surface area contributed by atoms with Gasteiger partial charge < -0.3 is 21.3 Å². The van der Waals surface area contributed by atoms with E-state index in [0.717, 1.165) is 51.4 Å². The van der Waals surface area contributed by atoms with E-state index in [0.29, 0.717) is 26.2 Å². The summed E-state index contributed by atoms with van der Waals surface area (Å²) in [5.74, 6) is -0.176. The summed E-state index contributed by atoms with van der Waals surface area (Å²) in [7, 11) is 7.06. The molecule has 4 N–H and O–H groups in total. The minimum absolute atomic E-state index is 0.0265. The summed E-state index contributed by atoms with van der Waals surface area (Å²) < 4.78 is -0.0530. The lowest BCUT2D eigenvalue weighted by Gasteiger charge is -2.26.